The van der Waals surface area contributed by atoms with Crippen molar-refractivity contribution < 1.29 is 4.92 Å². The van der Waals surface area contributed by atoms with Gasteiger partial charge >= 0.3 is 0 Å². The van der Waals surface area contributed by atoms with Gasteiger partial charge in [0.2, 0.25) is 0 Å². The van der Waals surface area contributed by atoms with Gasteiger partial charge in [-0.15, -0.1) is 0 Å². The first-order valence-electron chi connectivity index (χ1n) is 8.86. The summed E-state index contributed by atoms with van der Waals surface area (Å²) in [5, 5.41) is 15.5. The third-order valence-corrected chi connectivity index (χ3v) is 4.52. The normalized spacial score (nSPS) is 12.9. The zero-order valence-corrected chi connectivity index (χ0v) is 15.2. The van der Waals surface area contributed by atoms with Gasteiger partial charge in [-0.2, -0.15) is 5.10 Å². The van der Waals surface area contributed by atoms with Gasteiger partial charge in [0.1, 0.15) is 0 Å². The molecule has 7 heteroatoms. The van der Waals surface area contributed by atoms with E-state index in [1.165, 1.54) is 12.1 Å². The highest BCUT2D eigenvalue weighted by molar-refractivity contribution is 6.18. The lowest BCUT2D eigenvalue weighted by Gasteiger charge is -2.09. The second-order valence-corrected chi connectivity index (χ2v) is 6.28. The summed E-state index contributed by atoms with van der Waals surface area (Å²) in [6.45, 7) is 2.09. The molecule has 1 aliphatic rings. The summed E-state index contributed by atoms with van der Waals surface area (Å²) >= 11 is 0. The van der Waals surface area contributed by atoms with E-state index in [2.05, 4.69) is 28.5 Å². The van der Waals surface area contributed by atoms with E-state index in [1.54, 1.807) is 24.5 Å². The molecule has 0 saturated carbocycles. The fourth-order valence-electron chi connectivity index (χ4n) is 3.00. The molecule has 0 radical (unpaired) electrons. The Balaban J connectivity index is 1.84. The topological polar surface area (TPSA) is 92.8 Å². The first-order valence-corrected chi connectivity index (χ1v) is 8.86. The largest absolute Gasteiger partial charge is 0.269 e. The van der Waals surface area contributed by atoms with Crippen molar-refractivity contribution in [1.29, 1.82) is 0 Å². The minimum absolute atomic E-state index is 0.0424. The molecule has 0 amide bonds. The van der Waals surface area contributed by atoms with Crippen molar-refractivity contribution in [1.82, 2.24) is 10.4 Å². The molecule has 2 heterocycles. The molecule has 3 aromatic rings. The summed E-state index contributed by atoms with van der Waals surface area (Å²) in [4.78, 5) is 19.4. The molecule has 0 bridgehead atoms. The van der Waals surface area contributed by atoms with Crippen LogP contribution in [0.2, 0.25) is 0 Å². The number of nitro groups is 1. The van der Waals surface area contributed by atoms with E-state index in [1.807, 2.05) is 24.3 Å². The molecule has 0 spiro atoms. The third-order valence-electron chi connectivity index (χ3n) is 4.52. The number of hydrogen-bond donors (Lipinski definition) is 1. The number of non-ortho nitro benzene ring substituents is 1. The highest BCUT2D eigenvalue weighted by Gasteiger charge is 2.18. The Kier molecular flexibility index (Phi) is 4.63. The van der Waals surface area contributed by atoms with Crippen molar-refractivity contribution in [3.8, 4) is 0 Å². The van der Waals surface area contributed by atoms with Gasteiger partial charge in [-0.3, -0.25) is 20.5 Å². The number of benzene rings is 2. The number of hydrogen-bond acceptors (Lipinski definition) is 6. The van der Waals surface area contributed by atoms with Crippen LogP contribution in [0, 0.1) is 10.1 Å². The monoisotopic (exact) mass is 371 g/mol. The molecular formula is C21H17N5O2. The van der Waals surface area contributed by atoms with Crippen LogP contribution in [-0.2, 0) is 6.42 Å². The lowest BCUT2D eigenvalue weighted by atomic mass is 9.98. The van der Waals surface area contributed by atoms with Crippen LogP contribution in [0.25, 0.3) is 0 Å². The fraction of sp³-hybridized carbons (Fsp3) is 0.0952. The van der Waals surface area contributed by atoms with Crippen LogP contribution in [0.1, 0.15) is 29.2 Å². The summed E-state index contributed by atoms with van der Waals surface area (Å²) in [6, 6.07) is 16.2. The molecule has 7 nitrogen and oxygen atoms in total. The fourth-order valence-corrected chi connectivity index (χ4v) is 3.00. The number of aryl methyl sites for hydroxylation is 1. The van der Waals surface area contributed by atoms with Crippen molar-refractivity contribution in [2.45, 2.75) is 13.3 Å². The number of pyridine rings is 1. The number of aromatic nitrogens is 1. The van der Waals surface area contributed by atoms with Gasteiger partial charge < -0.3 is 0 Å². The Bertz CT molecular complexity index is 1090. The van der Waals surface area contributed by atoms with Gasteiger partial charge in [0, 0.05) is 41.2 Å². The lowest BCUT2D eigenvalue weighted by Crippen LogP contribution is -2.19. The SMILES string of the molecule is CCc1ccc2c(c1)C(c1ccc([N+](=O)[O-])cc1)=NNC(c1cccnc1)=N2. The van der Waals surface area contributed by atoms with Crippen molar-refractivity contribution in [3.05, 3.63) is 99.4 Å². The first-order chi connectivity index (χ1) is 13.7. The predicted molar refractivity (Wildman–Crippen MR) is 108 cm³/mol. The standard InChI is InChI=1S/C21H17N5O2/c1-2-14-5-10-19-18(12-14)20(15-6-8-17(9-7-15)26(27)28)24-25-21(23-19)16-4-3-11-22-13-16/h3-13H,2H2,1H3,(H,23,25). The van der Waals surface area contributed by atoms with Gasteiger partial charge in [0.05, 0.1) is 16.3 Å². The number of amidine groups is 1. The minimum atomic E-state index is -0.413. The minimum Gasteiger partial charge on any atom is -0.264 e. The van der Waals surface area contributed by atoms with Crippen LogP contribution in [0.5, 0.6) is 0 Å². The predicted octanol–water partition coefficient (Wildman–Crippen LogP) is 3.99. The molecule has 1 aromatic heterocycles. The highest BCUT2D eigenvalue weighted by Crippen LogP contribution is 2.27. The van der Waals surface area contributed by atoms with Gasteiger partial charge in [-0.05, 0) is 48.4 Å². The molecule has 0 atom stereocenters. The second-order valence-electron chi connectivity index (χ2n) is 6.28. The molecule has 138 valence electrons. The number of rotatable bonds is 4. The van der Waals surface area contributed by atoms with Crippen LogP contribution in [0.15, 0.2) is 77.1 Å². The number of nitrogens with one attached hydrogen (secondary N) is 1. The van der Waals surface area contributed by atoms with Gasteiger partial charge in [-0.1, -0.05) is 13.0 Å². The van der Waals surface area contributed by atoms with Crippen LogP contribution >= 0.6 is 0 Å². The third kappa shape index (κ3) is 3.37. The van der Waals surface area contributed by atoms with Gasteiger partial charge in [0.15, 0.2) is 5.84 Å². The first kappa shape index (κ1) is 17.5. The second kappa shape index (κ2) is 7.40. The zero-order chi connectivity index (χ0) is 19.5. The van der Waals surface area contributed by atoms with Gasteiger partial charge in [0.25, 0.3) is 5.69 Å². The number of fused-ring (bicyclic) bond motifs is 1. The highest BCUT2D eigenvalue weighted by atomic mass is 16.6. The molecule has 0 aliphatic carbocycles. The van der Waals surface area contributed by atoms with Crippen LogP contribution in [0.4, 0.5) is 11.4 Å². The maximum atomic E-state index is 11.0. The Morgan fingerprint density at radius 3 is 2.57 bits per heavy atom. The molecule has 4 rings (SSSR count). The molecular weight excluding hydrogens is 354 g/mol. The number of nitro benzene ring substituents is 1. The molecule has 0 fully saturated rings. The average Bonchev–Trinajstić information content (AvgIpc) is 2.93. The van der Waals surface area contributed by atoms with E-state index >= 15 is 0 Å². The lowest BCUT2D eigenvalue weighted by molar-refractivity contribution is -0.384. The van der Waals surface area contributed by atoms with Crippen molar-refractivity contribution in [2.75, 3.05) is 0 Å². The Morgan fingerprint density at radius 2 is 1.89 bits per heavy atom. The van der Waals surface area contributed by atoms with Crippen LogP contribution in [0.3, 0.4) is 0 Å². The van der Waals surface area contributed by atoms with Crippen molar-refractivity contribution in [3.63, 3.8) is 0 Å². The summed E-state index contributed by atoms with van der Waals surface area (Å²) in [5.74, 6) is 0.593. The van der Waals surface area contributed by atoms with E-state index in [-0.39, 0.29) is 5.69 Å². The Hall–Kier alpha value is -3.87. The number of nitrogens with zero attached hydrogens (tertiary/aromatic N) is 4. The van der Waals surface area contributed by atoms with Crippen LogP contribution < -0.4 is 5.43 Å². The maximum Gasteiger partial charge on any atom is 0.269 e. The van der Waals surface area contributed by atoms with Gasteiger partial charge in [-0.25, -0.2) is 4.99 Å². The molecule has 0 unspecified atom stereocenters. The summed E-state index contributed by atoms with van der Waals surface area (Å²) in [5.41, 5.74) is 8.16. The van der Waals surface area contributed by atoms with Crippen molar-refractivity contribution in [2.24, 2.45) is 10.1 Å². The van der Waals surface area contributed by atoms with E-state index in [4.69, 9.17) is 4.99 Å². The van der Waals surface area contributed by atoms with E-state index < -0.39 is 4.92 Å². The quantitative estimate of drug-likeness (QED) is 0.554. The molecule has 1 aliphatic heterocycles. The Morgan fingerprint density at radius 1 is 1.07 bits per heavy atom. The summed E-state index contributed by atoms with van der Waals surface area (Å²) in [6.07, 6.45) is 4.31. The molecule has 0 saturated heterocycles. The number of aliphatic imine (C=N–C) groups is 1. The van der Waals surface area contributed by atoms with E-state index in [9.17, 15) is 10.1 Å². The van der Waals surface area contributed by atoms with Crippen LogP contribution in [-0.4, -0.2) is 21.5 Å². The molecule has 2 aromatic carbocycles. The smallest absolute Gasteiger partial charge is 0.264 e. The zero-order valence-electron chi connectivity index (χ0n) is 15.2. The van der Waals surface area contributed by atoms with E-state index in [0.717, 1.165) is 34.4 Å². The molecule has 28 heavy (non-hydrogen) atoms. The average molecular weight is 371 g/mol. The number of hydrazone groups is 1. The summed E-state index contributed by atoms with van der Waals surface area (Å²) in [7, 11) is 0. The maximum absolute atomic E-state index is 11.0. The summed E-state index contributed by atoms with van der Waals surface area (Å²) < 4.78 is 0. The van der Waals surface area contributed by atoms with E-state index in [0.29, 0.717) is 11.5 Å². The van der Waals surface area contributed by atoms with Crippen molar-refractivity contribution >= 4 is 22.9 Å². The Labute approximate surface area is 161 Å². The molecule has 1 N–H and O–H groups in total.